The van der Waals surface area contributed by atoms with Gasteiger partial charge >= 0.3 is 0 Å². The summed E-state index contributed by atoms with van der Waals surface area (Å²) in [6, 6.07) is 8.16. The summed E-state index contributed by atoms with van der Waals surface area (Å²) in [6.45, 7) is 6.78. The smallest absolute Gasteiger partial charge is 0.123 e. The van der Waals surface area contributed by atoms with Crippen molar-refractivity contribution in [1.29, 1.82) is 0 Å². The van der Waals surface area contributed by atoms with Crippen molar-refractivity contribution in [2.45, 2.75) is 32.4 Å². The van der Waals surface area contributed by atoms with Crippen LogP contribution in [0, 0.1) is 0 Å². The van der Waals surface area contributed by atoms with E-state index in [1.165, 1.54) is 5.56 Å². The van der Waals surface area contributed by atoms with Gasteiger partial charge in [-0.1, -0.05) is 25.1 Å². The van der Waals surface area contributed by atoms with E-state index >= 15 is 0 Å². The number of hydrogen-bond acceptors (Lipinski definition) is 4. The molecule has 0 radical (unpaired) electrons. The molecule has 1 aliphatic rings. The highest BCUT2D eigenvalue weighted by Gasteiger charge is 2.15. The van der Waals surface area contributed by atoms with Gasteiger partial charge in [-0.15, -0.1) is 0 Å². The Kier molecular flexibility index (Phi) is 6.84. The molecule has 4 heteroatoms. The van der Waals surface area contributed by atoms with E-state index in [4.69, 9.17) is 14.2 Å². The Balaban J connectivity index is 1.70. The maximum absolute atomic E-state index is 5.82. The molecule has 0 bridgehead atoms. The van der Waals surface area contributed by atoms with Crippen LogP contribution >= 0.6 is 0 Å². The molecule has 1 atom stereocenters. The largest absolute Gasteiger partial charge is 0.491 e. The van der Waals surface area contributed by atoms with Crippen LogP contribution in [0.15, 0.2) is 24.3 Å². The van der Waals surface area contributed by atoms with Crippen LogP contribution in [0.5, 0.6) is 5.75 Å². The number of hydrogen-bond donors (Lipinski definition) is 1. The molecular weight excluding hydrogens is 254 g/mol. The summed E-state index contributed by atoms with van der Waals surface area (Å²) in [6.07, 6.45) is 2.39. The van der Waals surface area contributed by atoms with Gasteiger partial charge in [-0.3, -0.25) is 0 Å². The van der Waals surface area contributed by atoms with Crippen LogP contribution < -0.4 is 10.1 Å². The second-order valence-corrected chi connectivity index (χ2v) is 4.99. The second-order valence-electron chi connectivity index (χ2n) is 4.99. The van der Waals surface area contributed by atoms with E-state index in [-0.39, 0.29) is 6.10 Å². The standard InChI is InChI=1S/C16H25NO3/c1-2-8-17-12-14-5-3-4-6-16(14)20-11-10-19-15-7-9-18-13-15/h3-6,15,17H,2,7-13H2,1H3. The van der Waals surface area contributed by atoms with E-state index < -0.39 is 0 Å². The minimum Gasteiger partial charge on any atom is -0.491 e. The van der Waals surface area contributed by atoms with Crippen LogP contribution in [0.4, 0.5) is 0 Å². The molecule has 2 rings (SSSR count). The molecule has 1 aliphatic heterocycles. The highest BCUT2D eigenvalue weighted by Crippen LogP contribution is 2.17. The second kappa shape index (κ2) is 8.95. The summed E-state index contributed by atoms with van der Waals surface area (Å²) in [5.74, 6) is 0.947. The van der Waals surface area contributed by atoms with Crippen LogP contribution in [0.2, 0.25) is 0 Å². The lowest BCUT2D eigenvalue weighted by Gasteiger charge is -2.13. The van der Waals surface area contributed by atoms with E-state index in [1.807, 2.05) is 18.2 Å². The maximum Gasteiger partial charge on any atom is 0.123 e. The van der Waals surface area contributed by atoms with Gasteiger partial charge in [-0.05, 0) is 25.5 Å². The first kappa shape index (κ1) is 15.3. The molecule has 20 heavy (non-hydrogen) atoms. The van der Waals surface area contributed by atoms with Crippen LogP contribution in [-0.2, 0) is 16.0 Å². The molecule has 0 saturated carbocycles. The lowest BCUT2D eigenvalue weighted by molar-refractivity contribution is 0.0264. The normalized spacial score (nSPS) is 18.4. The van der Waals surface area contributed by atoms with Crippen molar-refractivity contribution in [2.75, 3.05) is 33.0 Å². The Morgan fingerprint density at radius 1 is 1.30 bits per heavy atom. The van der Waals surface area contributed by atoms with Crippen molar-refractivity contribution in [3.8, 4) is 5.75 Å². The zero-order valence-corrected chi connectivity index (χ0v) is 12.3. The fraction of sp³-hybridized carbons (Fsp3) is 0.625. The minimum atomic E-state index is 0.250. The number of ether oxygens (including phenoxy) is 3. The van der Waals surface area contributed by atoms with Crippen LogP contribution in [0.3, 0.4) is 0 Å². The third kappa shape index (κ3) is 5.12. The molecule has 0 spiro atoms. The van der Waals surface area contributed by atoms with Gasteiger partial charge in [0.15, 0.2) is 0 Å². The zero-order valence-electron chi connectivity index (χ0n) is 12.3. The van der Waals surface area contributed by atoms with Crippen LogP contribution in [0.25, 0.3) is 0 Å². The highest BCUT2D eigenvalue weighted by atomic mass is 16.6. The molecular formula is C16H25NO3. The Hall–Kier alpha value is -1.10. The summed E-state index contributed by atoms with van der Waals surface area (Å²) in [5, 5.41) is 3.40. The van der Waals surface area contributed by atoms with Gasteiger partial charge in [-0.2, -0.15) is 0 Å². The summed E-state index contributed by atoms with van der Waals surface area (Å²) in [4.78, 5) is 0. The zero-order chi connectivity index (χ0) is 14.0. The molecule has 1 N–H and O–H groups in total. The monoisotopic (exact) mass is 279 g/mol. The molecule has 0 aromatic heterocycles. The molecule has 1 heterocycles. The van der Waals surface area contributed by atoms with Gasteiger partial charge in [0.1, 0.15) is 12.4 Å². The average Bonchev–Trinajstić information content (AvgIpc) is 2.98. The Bertz CT molecular complexity index is 378. The molecule has 112 valence electrons. The van der Waals surface area contributed by atoms with Crippen LogP contribution in [-0.4, -0.2) is 39.1 Å². The third-order valence-electron chi connectivity index (χ3n) is 3.30. The average molecular weight is 279 g/mol. The van der Waals surface area contributed by atoms with Crippen LogP contribution in [0.1, 0.15) is 25.3 Å². The van der Waals surface area contributed by atoms with Crippen molar-refractivity contribution >= 4 is 0 Å². The minimum absolute atomic E-state index is 0.250. The predicted molar refractivity (Wildman–Crippen MR) is 79.1 cm³/mol. The Labute approximate surface area is 121 Å². The van der Waals surface area contributed by atoms with Gasteiger partial charge in [0, 0.05) is 18.7 Å². The predicted octanol–water partition coefficient (Wildman–Crippen LogP) is 2.37. The van der Waals surface area contributed by atoms with E-state index in [0.29, 0.717) is 13.2 Å². The van der Waals surface area contributed by atoms with Crippen molar-refractivity contribution in [2.24, 2.45) is 0 Å². The van der Waals surface area contributed by atoms with Gasteiger partial charge in [0.25, 0.3) is 0 Å². The lowest BCUT2D eigenvalue weighted by Crippen LogP contribution is -2.18. The SMILES string of the molecule is CCCNCc1ccccc1OCCOC1CCOC1. The molecule has 1 fully saturated rings. The van der Waals surface area contributed by atoms with E-state index in [0.717, 1.165) is 44.9 Å². The first-order chi connectivity index (χ1) is 9.90. The molecule has 4 nitrogen and oxygen atoms in total. The molecule has 0 aliphatic carbocycles. The molecule has 1 unspecified atom stereocenters. The summed E-state index contributed by atoms with van der Waals surface area (Å²) < 4.78 is 16.8. The fourth-order valence-corrected chi connectivity index (χ4v) is 2.20. The number of para-hydroxylation sites is 1. The van der Waals surface area contributed by atoms with Crippen molar-refractivity contribution in [3.63, 3.8) is 0 Å². The van der Waals surface area contributed by atoms with E-state index in [2.05, 4.69) is 18.3 Å². The summed E-state index contributed by atoms with van der Waals surface area (Å²) in [5.41, 5.74) is 1.20. The van der Waals surface area contributed by atoms with Gasteiger partial charge in [0.2, 0.25) is 0 Å². The summed E-state index contributed by atoms with van der Waals surface area (Å²) in [7, 11) is 0. The molecule has 1 saturated heterocycles. The topological polar surface area (TPSA) is 39.7 Å². The first-order valence-electron chi connectivity index (χ1n) is 7.51. The van der Waals surface area contributed by atoms with Crippen molar-refractivity contribution < 1.29 is 14.2 Å². The van der Waals surface area contributed by atoms with E-state index in [1.54, 1.807) is 0 Å². The van der Waals surface area contributed by atoms with Gasteiger partial charge < -0.3 is 19.5 Å². The number of benzene rings is 1. The number of nitrogens with one attached hydrogen (secondary N) is 1. The van der Waals surface area contributed by atoms with Gasteiger partial charge in [0.05, 0.1) is 19.3 Å². The van der Waals surface area contributed by atoms with E-state index in [9.17, 15) is 0 Å². The lowest BCUT2D eigenvalue weighted by atomic mass is 10.2. The summed E-state index contributed by atoms with van der Waals surface area (Å²) >= 11 is 0. The highest BCUT2D eigenvalue weighted by molar-refractivity contribution is 5.33. The van der Waals surface area contributed by atoms with Gasteiger partial charge in [-0.25, -0.2) is 0 Å². The Morgan fingerprint density at radius 2 is 2.20 bits per heavy atom. The molecule has 1 aromatic carbocycles. The Morgan fingerprint density at radius 3 is 3.00 bits per heavy atom. The van der Waals surface area contributed by atoms with Crippen molar-refractivity contribution in [3.05, 3.63) is 29.8 Å². The first-order valence-corrected chi connectivity index (χ1v) is 7.51. The number of rotatable bonds is 9. The fourth-order valence-electron chi connectivity index (χ4n) is 2.20. The quantitative estimate of drug-likeness (QED) is 0.705. The maximum atomic E-state index is 5.82. The third-order valence-corrected chi connectivity index (χ3v) is 3.30. The molecule has 1 aromatic rings. The van der Waals surface area contributed by atoms with Crippen molar-refractivity contribution in [1.82, 2.24) is 5.32 Å². The molecule has 0 amide bonds.